The largest absolute Gasteiger partial charge is 0.352 e. The number of ketones is 2. The van der Waals surface area contributed by atoms with E-state index in [2.05, 4.69) is 21.3 Å². The number of rotatable bonds is 20. The molecule has 4 aromatic rings. The van der Waals surface area contributed by atoms with Crippen LogP contribution in [0.3, 0.4) is 0 Å². The number of Topliss-reactive ketones (excluding diaryl/α,β-unsaturated/α-hetero) is 2. The molecule has 13 nitrogen and oxygen atoms in total. The minimum Gasteiger partial charge on any atom is -0.352 e. The van der Waals surface area contributed by atoms with Gasteiger partial charge in [0.05, 0.1) is 11.9 Å². The third kappa shape index (κ3) is 14.5. The van der Waals surface area contributed by atoms with Crippen molar-refractivity contribution in [2.24, 2.45) is 5.73 Å². The molecule has 1 aliphatic heterocycles. The van der Waals surface area contributed by atoms with Gasteiger partial charge in [-0.2, -0.15) is 0 Å². The summed E-state index contributed by atoms with van der Waals surface area (Å²) in [4.78, 5) is 94.3. The molecule has 1 fully saturated rings. The van der Waals surface area contributed by atoms with Gasteiger partial charge in [0, 0.05) is 67.6 Å². The molecule has 6 amide bonds. The van der Waals surface area contributed by atoms with Gasteiger partial charge in [-0.3, -0.25) is 28.8 Å². The van der Waals surface area contributed by atoms with Crippen molar-refractivity contribution in [1.29, 1.82) is 0 Å². The van der Waals surface area contributed by atoms with E-state index in [1.54, 1.807) is 72.8 Å². The van der Waals surface area contributed by atoms with Gasteiger partial charge in [-0.15, -0.1) is 11.6 Å². The number of nitrogens with two attached hydrogens (primary N) is 1. The summed E-state index contributed by atoms with van der Waals surface area (Å²) in [5, 5.41) is 10.6. The molecule has 1 aliphatic rings. The summed E-state index contributed by atoms with van der Waals surface area (Å²) in [7, 11) is 0. The fourth-order valence-corrected chi connectivity index (χ4v) is 7.19. The highest BCUT2D eigenvalue weighted by Gasteiger charge is 2.32. The number of nitrogens with one attached hydrogen (secondary N) is 4. The molecule has 64 heavy (non-hydrogen) atoms. The van der Waals surface area contributed by atoms with Crippen LogP contribution in [0.4, 0.5) is 13.6 Å². The lowest BCUT2D eigenvalue weighted by Crippen LogP contribution is -2.57. The van der Waals surface area contributed by atoms with E-state index in [4.69, 9.17) is 17.3 Å². The second kappa shape index (κ2) is 24.0. The standard InChI is InChI=1S/C48H49ClF2N6O7/c49-28-42(58)39(20-11-23-53-48(52)64)55-47(63)41(25-32-14-5-2-6-15-32)56-46(62)40(24-31-12-3-1-4-13-31)54-43(59)21-22-44(60)57-29-35(26-33-16-7-9-18-37(33)50)45(61)36(30-57)27-34-17-8-10-19-38(34)51/h1-10,12-19,26-27,39-41H,11,20-25,28-30H2,(H,54,59)(H,55,63)(H,56,62)(H3,52,53,64)/b35-26+,36-27+. The smallest absolute Gasteiger partial charge is 0.312 e. The topological polar surface area (TPSA) is 197 Å². The van der Waals surface area contributed by atoms with Crippen LogP contribution in [0.15, 0.2) is 120 Å². The van der Waals surface area contributed by atoms with E-state index < -0.39 is 76.9 Å². The van der Waals surface area contributed by atoms with Crippen LogP contribution in [0.25, 0.3) is 12.2 Å². The van der Waals surface area contributed by atoms with Gasteiger partial charge in [-0.25, -0.2) is 13.6 Å². The first-order valence-corrected chi connectivity index (χ1v) is 21.2. The first-order chi connectivity index (χ1) is 30.8. The fourth-order valence-electron chi connectivity index (χ4n) is 7.01. The number of likely N-dealkylation sites (tertiary alicyclic amines) is 1. The number of hydrogen-bond acceptors (Lipinski definition) is 7. The predicted molar refractivity (Wildman–Crippen MR) is 238 cm³/mol. The number of urea groups is 1. The zero-order valence-electron chi connectivity index (χ0n) is 34.9. The first-order valence-electron chi connectivity index (χ1n) is 20.6. The van der Waals surface area contributed by atoms with Crippen molar-refractivity contribution < 1.29 is 42.3 Å². The third-order valence-corrected chi connectivity index (χ3v) is 10.6. The number of benzene rings is 4. The molecule has 0 aromatic heterocycles. The van der Waals surface area contributed by atoms with Crippen molar-refractivity contribution in [3.63, 3.8) is 0 Å². The van der Waals surface area contributed by atoms with E-state index in [0.29, 0.717) is 11.1 Å². The maximum Gasteiger partial charge on any atom is 0.312 e. The van der Waals surface area contributed by atoms with Crippen LogP contribution in [0.1, 0.15) is 47.9 Å². The summed E-state index contributed by atoms with van der Waals surface area (Å²) in [6.45, 7) is -0.256. The summed E-state index contributed by atoms with van der Waals surface area (Å²) < 4.78 is 29.4. The summed E-state index contributed by atoms with van der Waals surface area (Å²) in [6, 6.07) is 25.1. The number of hydrogen-bond donors (Lipinski definition) is 5. The highest BCUT2D eigenvalue weighted by Crippen LogP contribution is 2.25. The quantitative estimate of drug-likeness (QED) is 0.0477. The number of piperidine rings is 1. The van der Waals surface area contributed by atoms with Crippen LogP contribution in [-0.4, -0.2) is 89.8 Å². The zero-order chi connectivity index (χ0) is 46.0. The molecule has 4 aromatic carbocycles. The number of primary amides is 1. The van der Waals surface area contributed by atoms with Crippen LogP contribution < -0.4 is 27.0 Å². The summed E-state index contributed by atoms with van der Waals surface area (Å²) in [5.41, 5.74) is 6.92. The number of nitrogens with zero attached hydrogens (tertiary/aromatic N) is 1. The van der Waals surface area contributed by atoms with Crippen LogP contribution >= 0.6 is 11.6 Å². The predicted octanol–water partition coefficient (Wildman–Crippen LogP) is 4.82. The average Bonchev–Trinajstić information content (AvgIpc) is 3.29. The average molecular weight is 895 g/mol. The van der Waals surface area contributed by atoms with Crippen LogP contribution in [0, 0.1) is 11.6 Å². The molecule has 334 valence electrons. The van der Waals surface area contributed by atoms with Gasteiger partial charge in [0.15, 0.2) is 11.6 Å². The van der Waals surface area contributed by atoms with E-state index in [-0.39, 0.29) is 80.4 Å². The Bertz CT molecular complexity index is 2310. The molecular formula is C48H49ClF2N6O7. The van der Waals surface area contributed by atoms with Crippen molar-refractivity contribution >= 4 is 65.0 Å². The number of carbonyl (C=O) groups is 7. The van der Waals surface area contributed by atoms with Crippen LogP contribution in [-0.2, 0) is 41.6 Å². The van der Waals surface area contributed by atoms with E-state index in [9.17, 15) is 42.3 Å². The Morgan fingerprint density at radius 1 is 0.656 bits per heavy atom. The fraction of sp³-hybridized carbons (Fsp3) is 0.271. The van der Waals surface area contributed by atoms with Gasteiger partial charge in [-0.05, 0) is 48.3 Å². The first kappa shape index (κ1) is 48.0. The molecule has 1 saturated heterocycles. The Morgan fingerprint density at radius 2 is 1.12 bits per heavy atom. The summed E-state index contributed by atoms with van der Waals surface area (Å²) in [5.74, 6) is -5.13. The Balaban J connectivity index is 1.32. The van der Waals surface area contributed by atoms with Gasteiger partial charge in [0.1, 0.15) is 23.7 Å². The van der Waals surface area contributed by atoms with Crippen molar-refractivity contribution in [3.05, 3.63) is 154 Å². The summed E-state index contributed by atoms with van der Waals surface area (Å²) in [6.07, 6.45) is 2.40. The highest BCUT2D eigenvalue weighted by atomic mass is 35.5. The van der Waals surface area contributed by atoms with Crippen molar-refractivity contribution in [2.75, 3.05) is 25.5 Å². The molecule has 0 spiro atoms. The van der Waals surface area contributed by atoms with Gasteiger partial charge in [0.2, 0.25) is 23.6 Å². The van der Waals surface area contributed by atoms with E-state index in [1.165, 1.54) is 53.5 Å². The van der Waals surface area contributed by atoms with Gasteiger partial charge in [0.25, 0.3) is 0 Å². The highest BCUT2D eigenvalue weighted by molar-refractivity contribution is 6.28. The molecule has 0 bridgehead atoms. The second-order valence-corrected chi connectivity index (χ2v) is 15.4. The molecule has 3 atom stereocenters. The maximum atomic E-state index is 14.7. The normalized spacial score (nSPS) is 15.2. The molecule has 3 unspecified atom stereocenters. The molecule has 0 saturated carbocycles. The van der Waals surface area contributed by atoms with Crippen LogP contribution in [0.5, 0.6) is 0 Å². The molecule has 0 aliphatic carbocycles. The van der Waals surface area contributed by atoms with E-state index in [1.807, 2.05) is 0 Å². The Kier molecular flexibility index (Phi) is 18.0. The Morgan fingerprint density at radius 3 is 1.61 bits per heavy atom. The molecule has 5 rings (SSSR count). The second-order valence-electron chi connectivity index (χ2n) is 15.1. The monoisotopic (exact) mass is 894 g/mol. The molecule has 6 N–H and O–H groups in total. The lowest BCUT2D eigenvalue weighted by molar-refractivity contribution is -0.135. The molecule has 1 heterocycles. The minimum absolute atomic E-state index is 0.00882. The lowest BCUT2D eigenvalue weighted by atomic mass is 9.93. The minimum atomic E-state index is -1.23. The van der Waals surface area contributed by atoms with Crippen molar-refractivity contribution in [2.45, 2.75) is 56.7 Å². The van der Waals surface area contributed by atoms with Gasteiger partial charge >= 0.3 is 6.03 Å². The van der Waals surface area contributed by atoms with Gasteiger partial charge in [-0.1, -0.05) is 97.1 Å². The number of halogens is 3. The molecular weight excluding hydrogens is 846 g/mol. The zero-order valence-corrected chi connectivity index (χ0v) is 35.6. The number of carbonyl (C=O) groups excluding carboxylic acids is 7. The van der Waals surface area contributed by atoms with E-state index in [0.717, 1.165) is 0 Å². The van der Waals surface area contributed by atoms with Gasteiger partial charge < -0.3 is 31.9 Å². The maximum absolute atomic E-state index is 14.7. The third-order valence-electron chi connectivity index (χ3n) is 10.3. The molecule has 0 radical (unpaired) electrons. The lowest BCUT2D eigenvalue weighted by Gasteiger charge is -2.30. The van der Waals surface area contributed by atoms with Crippen LogP contribution in [0.2, 0.25) is 0 Å². The van der Waals surface area contributed by atoms with Crippen molar-refractivity contribution in [1.82, 2.24) is 26.2 Å². The molecule has 16 heteroatoms. The number of alkyl halides is 1. The van der Waals surface area contributed by atoms with E-state index >= 15 is 0 Å². The van der Waals surface area contributed by atoms with Crippen molar-refractivity contribution in [3.8, 4) is 0 Å². The number of amides is 6. The Hall–Kier alpha value is -7.00. The summed E-state index contributed by atoms with van der Waals surface area (Å²) >= 11 is 5.86. The Labute approximate surface area is 374 Å². The SMILES string of the molecule is NC(=O)NCCCC(NC(=O)C(Cc1ccccc1)NC(=O)C(Cc1ccccc1)NC(=O)CCC(=O)N1C/C(=C\c2ccccc2F)C(=O)/C(=C/c2ccccc2F)C1)C(=O)CCl.